The van der Waals surface area contributed by atoms with Gasteiger partial charge in [-0.15, -0.1) is 0 Å². The summed E-state index contributed by atoms with van der Waals surface area (Å²) in [4.78, 5) is 11.4. The van der Waals surface area contributed by atoms with Gasteiger partial charge in [0.25, 0.3) is 0 Å². The summed E-state index contributed by atoms with van der Waals surface area (Å²) >= 11 is 0. The lowest BCUT2D eigenvalue weighted by Crippen LogP contribution is -2.07. The van der Waals surface area contributed by atoms with E-state index in [2.05, 4.69) is 6.92 Å². The topological polar surface area (TPSA) is 26.3 Å². The molecule has 0 aliphatic carbocycles. The van der Waals surface area contributed by atoms with Crippen LogP contribution in [-0.4, -0.2) is 12.6 Å². The van der Waals surface area contributed by atoms with E-state index < -0.39 is 0 Å². The monoisotopic (exact) mass is 240 g/mol. The summed E-state index contributed by atoms with van der Waals surface area (Å²) in [5.74, 6) is -0.155. The van der Waals surface area contributed by atoms with Crippen molar-refractivity contribution in [3.8, 4) is 0 Å². The van der Waals surface area contributed by atoms with Gasteiger partial charge in [-0.05, 0) is 19.8 Å². The molecule has 0 saturated carbocycles. The van der Waals surface area contributed by atoms with E-state index >= 15 is 0 Å². The summed E-state index contributed by atoms with van der Waals surface area (Å²) < 4.78 is 5.18. The molecule has 0 aliphatic heterocycles. The highest BCUT2D eigenvalue weighted by Crippen LogP contribution is 2.07. The van der Waals surface area contributed by atoms with E-state index in [1.54, 1.807) is 0 Å². The Hall–Kier alpha value is -0.790. The fourth-order valence-electron chi connectivity index (χ4n) is 1.73. The Balaban J connectivity index is 3.34. The average Bonchev–Trinajstić information content (AvgIpc) is 2.32. The molecule has 2 nitrogen and oxygen atoms in total. The number of unbranched alkanes of at least 4 members (excludes halogenated alkanes) is 6. The lowest BCUT2D eigenvalue weighted by atomic mass is 10.1. The summed E-state index contributed by atoms with van der Waals surface area (Å²) in [7, 11) is 0. The summed E-state index contributed by atoms with van der Waals surface area (Å²) in [6, 6.07) is 0. The molecule has 0 heterocycles. The molecule has 0 aromatic rings. The van der Waals surface area contributed by atoms with Crippen LogP contribution in [0.15, 0.2) is 11.6 Å². The molecule has 0 rings (SSSR count). The molecule has 0 spiro atoms. The number of esters is 1. The minimum absolute atomic E-state index is 0.155. The maximum absolute atomic E-state index is 11.4. The van der Waals surface area contributed by atoms with Crippen LogP contribution in [0, 0.1) is 0 Å². The van der Waals surface area contributed by atoms with Crippen molar-refractivity contribution in [3.05, 3.63) is 11.6 Å². The molecule has 0 amide bonds. The van der Waals surface area contributed by atoms with Gasteiger partial charge in [-0.25, -0.2) is 4.79 Å². The van der Waals surface area contributed by atoms with E-state index in [0.29, 0.717) is 6.61 Å². The van der Waals surface area contributed by atoms with Crippen LogP contribution >= 0.6 is 0 Å². The van der Waals surface area contributed by atoms with Gasteiger partial charge in [-0.2, -0.15) is 0 Å². The van der Waals surface area contributed by atoms with Crippen molar-refractivity contribution in [2.75, 3.05) is 6.61 Å². The van der Waals surface area contributed by atoms with Gasteiger partial charge in [0.05, 0.1) is 6.61 Å². The van der Waals surface area contributed by atoms with Crippen LogP contribution in [0.3, 0.4) is 0 Å². The van der Waals surface area contributed by atoms with Gasteiger partial charge in [0, 0.05) is 5.57 Å². The van der Waals surface area contributed by atoms with Crippen molar-refractivity contribution in [2.45, 2.75) is 72.1 Å². The minimum atomic E-state index is -0.155. The number of carbonyl (C=O) groups is 1. The third-order valence-electron chi connectivity index (χ3n) is 2.81. The first-order valence-corrected chi connectivity index (χ1v) is 7.06. The predicted molar refractivity (Wildman–Crippen MR) is 73.0 cm³/mol. The van der Waals surface area contributed by atoms with E-state index in [1.165, 1.54) is 38.5 Å². The van der Waals surface area contributed by atoms with E-state index in [-0.39, 0.29) is 5.97 Å². The molecule has 0 unspecified atom stereocenters. The highest BCUT2D eigenvalue weighted by molar-refractivity contribution is 5.87. The molecule has 0 N–H and O–H groups in total. The Morgan fingerprint density at radius 2 is 1.59 bits per heavy atom. The number of rotatable bonds is 10. The van der Waals surface area contributed by atoms with Crippen LogP contribution in [0.25, 0.3) is 0 Å². The maximum Gasteiger partial charge on any atom is 0.333 e. The summed E-state index contributed by atoms with van der Waals surface area (Å²) in [6.07, 6.45) is 11.5. The van der Waals surface area contributed by atoms with Crippen LogP contribution < -0.4 is 0 Å². The molecule has 0 aromatic heterocycles. The standard InChI is InChI=1S/C15H28O2/c1-4-6-7-8-9-10-11-13-17-15(16)14(3)12-5-2/h12H,4-11,13H2,1-3H3. The number of hydrogen-bond acceptors (Lipinski definition) is 2. The molecule has 17 heavy (non-hydrogen) atoms. The van der Waals surface area contributed by atoms with Gasteiger partial charge in [-0.3, -0.25) is 0 Å². The zero-order valence-corrected chi connectivity index (χ0v) is 11.8. The Morgan fingerprint density at radius 3 is 2.18 bits per heavy atom. The van der Waals surface area contributed by atoms with Crippen molar-refractivity contribution in [1.82, 2.24) is 0 Å². The molecule has 0 radical (unpaired) electrons. The average molecular weight is 240 g/mol. The van der Waals surface area contributed by atoms with E-state index in [9.17, 15) is 4.79 Å². The van der Waals surface area contributed by atoms with Gasteiger partial charge < -0.3 is 4.74 Å². The van der Waals surface area contributed by atoms with Crippen molar-refractivity contribution in [3.63, 3.8) is 0 Å². The van der Waals surface area contributed by atoms with Gasteiger partial charge in [0.2, 0.25) is 0 Å². The van der Waals surface area contributed by atoms with Crippen LogP contribution in [-0.2, 0) is 9.53 Å². The first-order valence-electron chi connectivity index (χ1n) is 7.06. The van der Waals surface area contributed by atoms with Crippen LogP contribution in [0.4, 0.5) is 0 Å². The van der Waals surface area contributed by atoms with E-state index in [0.717, 1.165) is 18.4 Å². The Bertz CT molecular complexity index is 219. The highest BCUT2D eigenvalue weighted by atomic mass is 16.5. The van der Waals surface area contributed by atoms with E-state index in [1.807, 2.05) is 19.9 Å². The summed E-state index contributed by atoms with van der Waals surface area (Å²) in [5.41, 5.74) is 0.732. The second-order valence-corrected chi connectivity index (χ2v) is 4.55. The molecule has 0 bridgehead atoms. The zero-order chi connectivity index (χ0) is 12.9. The molecular formula is C15H28O2. The number of carbonyl (C=O) groups excluding carboxylic acids is 1. The van der Waals surface area contributed by atoms with Crippen LogP contribution in [0.5, 0.6) is 0 Å². The quantitative estimate of drug-likeness (QED) is 0.316. The molecule has 2 heteroatoms. The van der Waals surface area contributed by atoms with Gasteiger partial charge in [0.1, 0.15) is 0 Å². The van der Waals surface area contributed by atoms with Crippen molar-refractivity contribution >= 4 is 5.97 Å². The van der Waals surface area contributed by atoms with Crippen molar-refractivity contribution in [1.29, 1.82) is 0 Å². The highest BCUT2D eigenvalue weighted by Gasteiger charge is 2.03. The lowest BCUT2D eigenvalue weighted by molar-refractivity contribution is -0.139. The maximum atomic E-state index is 11.4. The fraction of sp³-hybridized carbons (Fsp3) is 0.800. The van der Waals surface area contributed by atoms with Crippen LogP contribution in [0.2, 0.25) is 0 Å². The molecule has 0 aliphatic rings. The number of allylic oxidation sites excluding steroid dienone is 1. The largest absolute Gasteiger partial charge is 0.462 e. The summed E-state index contributed by atoms with van der Waals surface area (Å²) in [6.45, 7) is 6.64. The molecule has 0 atom stereocenters. The second-order valence-electron chi connectivity index (χ2n) is 4.55. The van der Waals surface area contributed by atoms with E-state index in [4.69, 9.17) is 4.74 Å². The fourth-order valence-corrected chi connectivity index (χ4v) is 1.73. The third kappa shape index (κ3) is 10.1. The van der Waals surface area contributed by atoms with Gasteiger partial charge in [-0.1, -0.05) is 58.4 Å². The zero-order valence-electron chi connectivity index (χ0n) is 11.8. The summed E-state index contributed by atoms with van der Waals surface area (Å²) in [5, 5.41) is 0. The molecule has 0 aromatic carbocycles. The minimum Gasteiger partial charge on any atom is -0.462 e. The Kier molecular flexibility index (Phi) is 11.1. The smallest absolute Gasteiger partial charge is 0.333 e. The molecule has 100 valence electrons. The number of ether oxygens (including phenoxy) is 1. The third-order valence-corrected chi connectivity index (χ3v) is 2.81. The lowest BCUT2D eigenvalue weighted by Gasteiger charge is -2.05. The van der Waals surface area contributed by atoms with Gasteiger partial charge >= 0.3 is 5.97 Å². The predicted octanol–water partition coefficient (Wildman–Crippen LogP) is 4.64. The Morgan fingerprint density at radius 1 is 1.00 bits per heavy atom. The van der Waals surface area contributed by atoms with Gasteiger partial charge in [0.15, 0.2) is 0 Å². The first kappa shape index (κ1) is 16.2. The van der Waals surface area contributed by atoms with Crippen molar-refractivity contribution in [2.24, 2.45) is 0 Å². The molecular weight excluding hydrogens is 212 g/mol. The Labute approximate surface area is 106 Å². The second kappa shape index (κ2) is 11.7. The molecule has 0 fully saturated rings. The number of hydrogen-bond donors (Lipinski definition) is 0. The SMILES string of the molecule is CCC=C(C)C(=O)OCCCCCCCCC. The first-order chi connectivity index (χ1) is 8.22. The molecule has 0 saturated heterocycles. The van der Waals surface area contributed by atoms with Crippen LogP contribution in [0.1, 0.15) is 72.1 Å². The van der Waals surface area contributed by atoms with Crippen molar-refractivity contribution < 1.29 is 9.53 Å². The normalized spacial score (nSPS) is 11.6.